The van der Waals surface area contributed by atoms with E-state index >= 15 is 0 Å². The summed E-state index contributed by atoms with van der Waals surface area (Å²) in [5.41, 5.74) is 1.53. The van der Waals surface area contributed by atoms with Crippen LogP contribution in [0.4, 0.5) is 0 Å². The summed E-state index contributed by atoms with van der Waals surface area (Å²) in [6.45, 7) is 3.17. The van der Waals surface area contributed by atoms with E-state index in [2.05, 4.69) is 5.32 Å². The number of rotatable bonds is 5. The quantitative estimate of drug-likeness (QED) is 0.858. The number of carbonyl (C=O) groups is 2. The Morgan fingerprint density at radius 3 is 2.77 bits per heavy atom. The van der Waals surface area contributed by atoms with Gasteiger partial charge in [-0.2, -0.15) is 0 Å². The van der Waals surface area contributed by atoms with Crippen molar-refractivity contribution in [2.45, 2.75) is 19.9 Å². The van der Waals surface area contributed by atoms with Gasteiger partial charge in [0.25, 0.3) is 5.91 Å². The van der Waals surface area contributed by atoms with Crippen LogP contribution in [-0.2, 0) is 9.53 Å². The number of benzene rings is 1. The van der Waals surface area contributed by atoms with E-state index in [0.29, 0.717) is 10.6 Å². The molecule has 0 spiro atoms. The highest BCUT2D eigenvalue weighted by molar-refractivity contribution is 6.30. The molecule has 0 aliphatic heterocycles. The van der Waals surface area contributed by atoms with Gasteiger partial charge in [0, 0.05) is 10.6 Å². The summed E-state index contributed by atoms with van der Waals surface area (Å²) in [5, 5.41) is 3.33. The molecule has 5 nitrogen and oxygen atoms in total. The van der Waals surface area contributed by atoms with Crippen LogP contribution in [0.15, 0.2) is 41.0 Å². The normalized spacial score (nSPS) is 11.8. The minimum absolute atomic E-state index is 0.107. The lowest BCUT2D eigenvalue weighted by atomic mass is 10.1. The number of esters is 1. The smallest absolute Gasteiger partial charge is 0.375 e. The van der Waals surface area contributed by atoms with Gasteiger partial charge in [-0.15, -0.1) is 0 Å². The molecule has 1 heterocycles. The van der Waals surface area contributed by atoms with Gasteiger partial charge in [-0.3, -0.25) is 4.79 Å². The predicted octanol–water partition coefficient (Wildman–Crippen LogP) is 3.28. The lowest BCUT2D eigenvalue weighted by molar-refractivity contribution is -0.124. The molecule has 1 amide bonds. The van der Waals surface area contributed by atoms with Gasteiger partial charge < -0.3 is 14.5 Å². The van der Waals surface area contributed by atoms with Crippen LogP contribution < -0.4 is 5.32 Å². The molecule has 0 aliphatic carbocycles. The Morgan fingerprint density at radius 1 is 1.36 bits per heavy atom. The van der Waals surface area contributed by atoms with Crippen molar-refractivity contribution in [1.82, 2.24) is 5.32 Å². The average Bonchev–Trinajstić information content (AvgIpc) is 2.91. The number of hydrogen-bond acceptors (Lipinski definition) is 4. The molecule has 0 saturated heterocycles. The van der Waals surface area contributed by atoms with Gasteiger partial charge in [-0.25, -0.2) is 4.79 Å². The van der Waals surface area contributed by atoms with Crippen LogP contribution in [0.3, 0.4) is 0 Å². The lowest BCUT2D eigenvalue weighted by Gasteiger charge is -2.14. The topological polar surface area (TPSA) is 68.5 Å². The molecule has 0 radical (unpaired) electrons. The third-order valence-corrected chi connectivity index (χ3v) is 3.34. The molecule has 0 bridgehead atoms. The van der Waals surface area contributed by atoms with Gasteiger partial charge in [0.1, 0.15) is 0 Å². The summed E-state index contributed by atoms with van der Waals surface area (Å²) in [6.07, 6.45) is 1.40. The highest BCUT2D eigenvalue weighted by Gasteiger charge is 2.17. The van der Waals surface area contributed by atoms with Crippen molar-refractivity contribution in [3.63, 3.8) is 0 Å². The summed E-state index contributed by atoms with van der Waals surface area (Å²) in [5.74, 6) is -0.950. The number of furan rings is 1. The van der Waals surface area contributed by atoms with E-state index in [-0.39, 0.29) is 18.4 Å². The van der Waals surface area contributed by atoms with E-state index in [1.54, 1.807) is 31.2 Å². The minimum Gasteiger partial charge on any atom is -0.457 e. The molecule has 22 heavy (non-hydrogen) atoms. The summed E-state index contributed by atoms with van der Waals surface area (Å²) >= 11 is 5.91. The van der Waals surface area contributed by atoms with E-state index in [0.717, 1.165) is 5.56 Å². The highest BCUT2D eigenvalue weighted by atomic mass is 35.5. The van der Waals surface area contributed by atoms with E-state index in [4.69, 9.17) is 20.8 Å². The lowest BCUT2D eigenvalue weighted by Crippen LogP contribution is -2.31. The zero-order chi connectivity index (χ0) is 16.1. The number of carbonyl (C=O) groups excluding carboxylic acids is 2. The van der Waals surface area contributed by atoms with E-state index in [1.165, 1.54) is 6.26 Å². The molecule has 0 saturated carbocycles. The van der Waals surface area contributed by atoms with Gasteiger partial charge in [0.15, 0.2) is 6.61 Å². The summed E-state index contributed by atoms with van der Waals surface area (Å²) in [4.78, 5) is 23.5. The average molecular weight is 322 g/mol. The van der Waals surface area contributed by atoms with E-state index in [9.17, 15) is 9.59 Å². The van der Waals surface area contributed by atoms with Crippen molar-refractivity contribution < 1.29 is 18.7 Å². The maximum atomic E-state index is 11.8. The number of amides is 1. The van der Waals surface area contributed by atoms with Crippen molar-refractivity contribution >= 4 is 23.5 Å². The summed E-state index contributed by atoms with van der Waals surface area (Å²) < 4.78 is 9.92. The van der Waals surface area contributed by atoms with Crippen molar-refractivity contribution in [2.24, 2.45) is 0 Å². The number of nitrogens with one attached hydrogen (secondary N) is 1. The molecule has 1 unspecified atom stereocenters. The minimum atomic E-state index is -0.659. The molecule has 1 aromatic heterocycles. The van der Waals surface area contributed by atoms with Gasteiger partial charge in [0.2, 0.25) is 5.76 Å². The standard InChI is InChI=1S/C16H16ClNO4/c1-10-6-7-21-15(10)16(20)22-9-14(19)18-11(2)12-4-3-5-13(17)8-12/h3-8,11H,9H2,1-2H3,(H,18,19). The zero-order valence-electron chi connectivity index (χ0n) is 12.3. The Labute approximate surface area is 133 Å². The predicted molar refractivity (Wildman–Crippen MR) is 81.7 cm³/mol. The van der Waals surface area contributed by atoms with Gasteiger partial charge in [-0.1, -0.05) is 23.7 Å². The fourth-order valence-corrected chi connectivity index (χ4v) is 2.12. The van der Waals surface area contributed by atoms with Crippen LogP contribution in [0.2, 0.25) is 5.02 Å². The monoisotopic (exact) mass is 321 g/mol. The molecular weight excluding hydrogens is 306 g/mol. The maximum Gasteiger partial charge on any atom is 0.375 e. The Hall–Kier alpha value is -2.27. The van der Waals surface area contributed by atoms with E-state index in [1.807, 2.05) is 13.0 Å². The van der Waals surface area contributed by atoms with Gasteiger partial charge in [0.05, 0.1) is 12.3 Å². The number of halogens is 1. The first-order chi connectivity index (χ1) is 10.5. The number of aryl methyl sites for hydroxylation is 1. The molecule has 116 valence electrons. The van der Waals surface area contributed by atoms with Gasteiger partial charge in [-0.05, 0) is 37.6 Å². The third-order valence-electron chi connectivity index (χ3n) is 3.11. The van der Waals surface area contributed by atoms with Crippen molar-refractivity contribution in [1.29, 1.82) is 0 Å². The van der Waals surface area contributed by atoms with Crippen LogP contribution in [0.1, 0.15) is 34.6 Å². The molecule has 2 aromatic rings. The molecule has 0 aliphatic rings. The van der Waals surface area contributed by atoms with Gasteiger partial charge >= 0.3 is 5.97 Å². The first kappa shape index (κ1) is 16.1. The van der Waals surface area contributed by atoms with Crippen LogP contribution in [0, 0.1) is 6.92 Å². The molecule has 1 N–H and O–H groups in total. The fraction of sp³-hybridized carbons (Fsp3) is 0.250. The SMILES string of the molecule is Cc1ccoc1C(=O)OCC(=O)NC(C)c1cccc(Cl)c1. The molecule has 1 atom stereocenters. The fourth-order valence-electron chi connectivity index (χ4n) is 1.92. The van der Waals surface area contributed by atoms with Crippen LogP contribution in [0.25, 0.3) is 0 Å². The van der Waals surface area contributed by atoms with Crippen molar-refractivity contribution in [2.75, 3.05) is 6.61 Å². The van der Waals surface area contributed by atoms with Crippen LogP contribution in [0.5, 0.6) is 0 Å². The summed E-state index contributed by atoms with van der Waals surface area (Å²) in [7, 11) is 0. The maximum absolute atomic E-state index is 11.8. The Morgan fingerprint density at radius 2 is 2.14 bits per heavy atom. The Balaban J connectivity index is 1.85. The Kier molecular flexibility index (Phi) is 5.22. The molecular formula is C16H16ClNO4. The first-order valence-electron chi connectivity index (χ1n) is 6.73. The number of hydrogen-bond donors (Lipinski definition) is 1. The second kappa shape index (κ2) is 7.13. The number of ether oxygens (including phenoxy) is 1. The largest absolute Gasteiger partial charge is 0.457 e. The molecule has 2 rings (SSSR count). The first-order valence-corrected chi connectivity index (χ1v) is 7.11. The molecule has 1 aromatic carbocycles. The Bertz CT molecular complexity index is 680. The highest BCUT2D eigenvalue weighted by Crippen LogP contribution is 2.17. The summed E-state index contributed by atoms with van der Waals surface area (Å²) in [6, 6.07) is 8.60. The second-order valence-corrected chi connectivity index (χ2v) is 5.29. The van der Waals surface area contributed by atoms with Crippen LogP contribution in [-0.4, -0.2) is 18.5 Å². The van der Waals surface area contributed by atoms with Crippen molar-refractivity contribution in [3.05, 3.63) is 58.5 Å². The second-order valence-electron chi connectivity index (χ2n) is 4.85. The zero-order valence-corrected chi connectivity index (χ0v) is 13.0. The van der Waals surface area contributed by atoms with Crippen LogP contribution >= 0.6 is 11.6 Å². The molecule has 0 fully saturated rings. The van der Waals surface area contributed by atoms with Crippen molar-refractivity contribution in [3.8, 4) is 0 Å². The third kappa shape index (κ3) is 4.11. The molecule has 6 heteroatoms. The van der Waals surface area contributed by atoms with E-state index < -0.39 is 11.9 Å².